The number of ether oxygens (including phenoxy) is 1. The third-order valence-corrected chi connectivity index (χ3v) is 5.45. The number of amides is 1. The Bertz CT molecular complexity index is 844. The first kappa shape index (κ1) is 20.7. The fraction of sp³-hybridized carbons (Fsp3) is 0.400. The van der Waals surface area contributed by atoms with E-state index in [0.29, 0.717) is 22.2 Å². The van der Waals surface area contributed by atoms with Crippen LogP contribution in [0.15, 0.2) is 41.3 Å². The normalized spacial score (nSPS) is 15.4. The Labute approximate surface area is 173 Å². The molecule has 1 aromatic carbocycles. The number of rotatable bonds is 7. The summed E-state index contributed by atoms with van der Waals surface area (Å²) in [5, 5.41) is 3.90. The Balaban J connectivity index is 1.33. The first-order valence-electron chi connectivity index (χ1n) is 9.32. The summed E-state index contributed by atoms with van der Waals surface area (Å²) in [4.78, 5) is 27.9. The maximum atomic E-state index is 12.0. The van der Waals surface area contributed by atoms with Gasteiger partial charge in [0.1, 0.15) is 11.9 Å². The lowest BCUT2D eigenvalue weighted by Crippen LogP contribution is -2.39. The van der Waals surface area contributed by atoms with Crippen LogP contribution in [0.1, 0.15) is 29.6 Å². The number of aromatic nitrogens is 1. The molecule has 0 bridgehead atoms. The number of nitrogens with zero attached hydrogens (tertiary/aromatic N) is 1. The minimum absolute atomic E-state index is 0.174. The van der Waals surface area contributed by atoms with E-state index in [1.807, 2.05) is 6.07 Å². The standard InChI is InChI=1S/C20H23Cl2N3O3/c21-17-4-3-16(12-18(17)22)28-15-6-10-25(11-7-15)9-1-8-23-20(27)14-2-5-19(26)24-13-14/h2-5,12-13,15H,1,6-11H2,(H,23,27)(H,24,26). The summed E-state index contributed by atoms with van der Waals surface area (Å²) in [6.07, 6.45) is 4.37. The van der Waals surface area contributed by atoms with Gasteiger partial charge < -0.3 is 19.9 Å². The van der Waals surface area contributed by atoms with Crippen LogP contribution in [-0.4, -0.2) is 48.1 Å². The first-order valence-corrected chi connectivity index (χ1v) is 10.1. The largest absolute Gasteiger partial charge is 0.490 e. The van der Waals surface area contributed by atoms with E-state index in [2.05, 4.69) is 15.2 Å². The molecule has 1 aliphatic heterocycles. The molecule has 0 unspecified atom stereocenters. The predicted octanol–water partition coefficient (Wildman–Crippen LogP) is 3.35. The molecule has 0 spiro atoms. The van der Waals surface area contributed by atoms with Crippen molar-refractivity contribution >= 4 is 29.1 Å². The number of hydrogen-bond acceptors (Lipinski definition) is 4. The second-order valence-corrected chi connectivity index (χ2v) is 7.60. The molecule has 1 aliphatic rings. The average Bonchev–Trinajstić information content (AvgIpc) is 2.70. The lowest BCUT2D eigenvalue weighted by Gasteiger charge is -2.32. The highest BCUT2D eigenvalue weighted by Gasteiger charge is 2.20. The Kier molecular flexibility index (Phi) is 7.36. The maximum Gasteiger partial charge on any atom is 0.252 e. The number of carbonyl (C=O) groups is 1. The second-order valence-electron chi connectivity index (χ2n) is 6.79. The summed E-state index contributed by atoms with van der Waals surface area (Å²) in [6.45, 7) is 3.43. The van der Waals surface area contributed by atoms with Crippen LogP contribution in [0, 0.1) is 0 Å². The Hall–Kier alpha value is -2.02. The summed E-state index contributed by atoms with van der Waals surface area (Å²) in [5.74, 6) is 0.572. The number of carbonyl (C=O) groups excluding carboxylic acids is 1. The van der Waals surface area contributed by atoms with Gasteiger partial charge in [0.15, 0.2) is 0 Å². The zero-order valence-electron chi connectivity index (χ0n) is 15.4. The van der Waals surface area contributed by atoms with Gasteiger partial charge in [-0.25, -0.2) is 0 Å². The van der Waals surface area contributed by atoms with Gasteiger partial charge in [-0.1, -0.05) is 23.2 Å². The minimum atomic E-state index is -0.219. The maximum absolute atomic E-state index is 12.0. The van der Waals surface area contributed by atoms with Gasteiger partial charge >= 0.3 is 0 Å². The van der Waals surface area contributed by atoms with Crippen LogP contribution in [0.5, 0.6) is 5.75 Å². The lowest BCUT2D eigenvalue weighted by molar-refractivity contribution is 0.0935. The summed E-state index contributed by atoms with van der Waals surface area (Å²) < 4.78 is 6.00. The summed E-state index contributed by atoms with van der Waals surface area (Å²) in [6, 6.07) is 8.20. The molecule has 1 saturated heterocycles. The molecular formula is C20H23Cl2N3O3. The van der Waals surface area contributed by atoms with Crippen LogP contribution in [-0.2, 0) is 0 Å². The Morgan fingerprint density at radius 2 is 1.96 bits per heavy atom. The highest BCUT2D eigenvalue weighted by atomic mass is 35.5. The van der Waals surface area contributed by atoms with Gasteiger partial charge in [-0.15, -0.1) is 0 Å². The zero-order valence-corrected chi connectivity index (χ0v) is 16.9. The number of benzene rings is 1. The number of nitrogens with one attached hydrogen (secondary N) is 2. The molecule has 1 amide bonds. The molecular weight excluding hydrogens is 401 g/mol. The molecule has 28 heavy (non-hydrogen) atoms. The van der Waals surface area contributed by atoms with E-state index < -0.39 is 0 Å². The Morgan fingerprint density at radius 1 is 1.18 bits per heavy atom. The van der Waals surface area contributed by atoms with Gasteiger partial charge in [0.2, 0.25) is 5.56 Å². The first-order chi connectivity index (χ1) is 13.5. The van der Waals surface area contributed by atoms with Crippen molar-refractivity contribution in [1.82, 2.24) is 15.2 Å². The van der Waals surface area contributed by atoms with Crippen LogP contribution in [0.3, 0.4) is 0 Å². The molecule has 2 aromatic rings. The van der Waals surface area contributed by atoms with Crippen LogP contribution >= 0.6 is 23.2 Å². The third-order valence-electron chi connectivity index (χ3n) is 4.71. The number of piperidine rings is 1. The van der Waals surface area contributed by atoms with Gasteiger partial charge in [-0.05, 0) is 44.0 Å². The summed E-state index contributed by atoms with van der Waals surface area (Å²) in [5.41, 5.74) is 0.239. The van der Waals surface area contributed by atoms with Crippen molar-refractivity contribution in [3.05, 3.63) is 62.5 Å². The Morgan fingerprint density at radius 3 is 2.64 bits per heavy atom. The molecule has 0 saturated carbocycles. The predicted molar refractivity (Wildman–Crippen MR) is 111 cm³/mol. The molecule has 0 radical (unpaired) electrons. The van der Waals surface area contributed by atoms with Crippen molar-refractivity contribution in [2.45, 2.75) is 25.4 Å². The SMILES string of the molecule is O=C(NCCCN1CCC(Oc2ccc(Cl)c(Cl)c2)CC1)c1ccc(=O)[nH]c1. The molecule has 1 fully saturated rings. The van der Waals surface area contributed by atoms with E-state index in [1.165, 1.54) is 18.3 Å². The smallest absolute Gasteiger partial charge is 0.252 e. The van der Waals surface area contributed by atoms with E-state index in [0.717, 1.165) is 44.6 Å². The van der Waals surface area contributed by atoms with Crippen LogP contribution in [0.2, 0.25) is 10.0 Å². The molecule has 6 nitrogen and oxygen atoms in total. The van der Waals surface area contributed by atoms with E-state index in [1.54, 1.807) is 12.1 Å². The van der Waals surface area contributed by atoms with Crippen molar-refractivity contribution in [2.24, 2.45) is 0 Å². The van der Waals surface area contributed by atoms with Crippen molar-refractivity contribution < 1.29 is 9.53 Å². The van der Waals surface area contributed by atoms with E-state index in [-0.39, 0.29) is 17.6 Å². The van der Waals surface area contributed by atoms with Crippen molar-refractivity contribution in [2.75, 3.05) is 26.2 Å². The lowest BCUT2D eigenvalue weighted by atomic mass is 10.1. The van der Waals surface area contributed by atoms with Crippen LogP contribution in [0.25, 0.3) is 0 Å². The number of likely N-dealkylation sites (tertiary alicyclic amines) is 1. The summed E-state index contributed by atoms with van der Waals surface area (Å²) in [7, 11) is 0. The van der Waals surface area contributed by atoms with Crippen LogP contribution < -0.4 is 15.6 Å². The number of pyridine rings is 1. The molecule has 3 rings (SSSR count). The fourth-order valence-corrected chi connectivity index (χ4v) is 3.44. The fourth-order valence-electron chi connectivity index (χ4n) is 3.15. The molecule has 8 heteroatoms. The van der Waals surface area contributed by atoms with Crippen molar-refractivity contribution in [3.63, 3.8) is 0 Å². The number of aromatic amines is 1. The van der Waals surface area contributed by atoms with Gasteiger partial charge in [0.05, 0.1) is 15.6 Å². The highest BCUT2D eigenvalue weighted by molar-refractivity contribution is 6.42. The van der Waals surface area contributed by atoms with Crippen molar-refractivity contribution in [1.29, 1.82) is 0 Å². The zero-order chi connectivity index (χ0) is 19.9. The average molecular weight is 424 g/mol. The molecule has 2 heterocycles. The topological polar surface area (TPSA) is 74.4 Å². The van der Waals surface area contributed by atoms with E-state index in [4.69, 9.17) is 27.9 Å². The van der Waals surface area contributed by atoms with E-state index >= 15 is 0 Å². The van der Waals surface area contributed by atoms with Gasteiger partial charge in [-0.2, -0.15) is 0 Å². The van der Waals surface area contributed by atoms with Gasteiger partial charge in [0, 0.05) is 38.0 Å². The molecule has 1 aromatic heterocycles. The molecule has 150 valence electrons. The highest BCUT2D eigenvalue weighted by Crippen LogP contribution is 2.28. The number of H-pyrrole nitrogens is 1. The van der Waals surface area contributed by atoms with Crippen molar-refractivity contribution in [3.8, 4) is 5.75 Å². The second kappa shape index (κ2) is 9.96. The quantitative estimate of drug-likeness (QED) is 0.669. The third kappa shape index (κ3) is 5.99. The van der Waals surface area contributed by atoms with Crippen LogP contribution in [0.4, 0.5) is 0 Å². The van der Waals surface area contributed by atoms with Gasteiger partial charge in [0.25, 0.3) is 5.91 Å². The minimum Gasteiger partial charge on any atom is -0.490 e. The number of halogens is 2. The monoisotopic (exact) mass is 423 g/mol. The molecule has 0 atom stereocenters. The van der Waals surface area contributed by atoms with E-state index in [9.17, 15) is 9.59 Å². The molecule has 0 aliphatic carbocycles. The van der Waals surface area contributed by atoms with Gasteiger partial charge in [-0.3, -0.25) is 9.59 Å². The number of hydrogen-bond donors (Lipinski definition) is 2. The summed E-state index contributed by atoms with van der Waals surface area (Å²) >= 11 is 12.0. The molecule has 2 N–H and O–H groups in total.